The highest BCUT2D eigenvalue weighted by Crippen LogP contribution is 2.37. The van der Waals surface area contributed by atoms with Crippen LogP contribution < -0.4 is 10.6 Å². The van der Waals surface area contributed by atoms with Gasteiger partial charge in [-0.15, -0.1) is 0 Å². The van der Waals surface area contributed by atoms with Crippen LogP contribution >= 0.6 is 0 Å². The van der Waals surface area contributed by atoms with Crippen molar-refractivity contribution in [2.45, 2.75) is 38.1 Å². The summed E-state index contributed by atoms with van der Waals surface area (Å²) in [5.41, 5.74) is 0.0623. The largest absolute Gasteiger partial charge is 0.356 e. The molecule has 3 rings (SSSR count). The fourth-order valence-electron chi connectivity index (χ4n) is 3.33. The Morgan fingerprint density at radius 3 is 2.47 bits per heavy atom. The summed E-state index contributed by atoms with van der Waals surface area (Å²) < 4.78 is 0. The second-order valence-corrected chi connectivity index (χ2v) is 5.94. The first-order valence-corrected chi connectivity index (χ1v) is 6.93. The lowest BCUT2D eigenvalue weighted by atomic mass is 9.77. The first-order chi connectivity index (χ1) is 9.08. The Balaban J connectivity index is 1.56. The summed E-state index contributed by atoms with van der Waals surface area (Å²) in [7, 11) is 0. The number of nitrogens with one attached hydrogen (secondary N) is 2. The third-order valence-corrected chi connectivity index (χ3v) is 4.63. The van der Waals surface area contributed by atoms with Crippen LogP contribution in [0.1, 0.15) is 32.1 Å². The second kappa shape index (κ2) is 4.51. The molecule has 0 aromatic heterocycles. The minimum atomic E-state index is -0.329. The Bertz CT molecular complexity index is 427. The van der Waals surface area contributed by atoms with E-state index in [0.29, 0.717) is 32.4 Å². The predicted molar refractivity (Wildman–Crippen MR) is 67.0 cm³/mol. The van der Waals surface area contributed by atoms with Crippen molar-refractivity contribution in [3.05, 3.63) is 0 Å². The van der Waals surface area contributed by atoms with E-state index in [2.05, 4.69) is 10.6 Å². The monoisotopic (exact) mass is 265 g/mol. The van der Waals surface area contributed by atoms with Gasteiger partial charge in [0.25, 0.3) is 0 Å². The summed E-state index contributed by atoms with van der Waals surface area (Å²) in [6.07, 6.45) is 3.40. The van der Waals surface area contributed by atoms with Crippen molar-refractivity contribution in [2.24, 2.45) is 5.41 Å². The zero-order chi connectivity index (χ0) is 13.5. The average molecular weight is 265 g/mol. The van der Waals surface area contributed by atoms with Gasteiger partial charge in [0.2, 0.25) is 17.7 Å². The lowest BCUT2D eigenvalue weighted by Crippen LogP contribution is -2.50. The Labute approximate surface area is 111 Å². The molecule has 19 heavy (non-hydrogen) atoms. The molecule has 0 saturated carbocycles. The van der Waals surface area contributed by atoms with Gasteiger partial charge >= 0.3 is 0 Å². The number of rotatable bonds is 1. The van der Waals surface area contributed by atoms with E-state index < -0.39 is 0 Å². The number of likely N-dealkylation sites (tertiary alicyclic amines) is 1. The van der Waals surface area contributed by atoms with Crippen LogP contribution in [0.25, 0.3) is 0 Å². The number of nitrogens with zero attached hydrogens (tertiary/aromatic N) is 1. The number of hydrogen-bond acceptors (Lipinski definition) is 3. The second-order valence-electron chi connectivity index (χ2n) is 5.94. The van der Waals surface area contributed by atoms with Crippen LogP contribution in [-0.2, 0) is 14.4 Å². The van der Waals surface area contributed by atoms with Crippen LogP contribution in [0, 0.1) is 5.41 Å². The van der Waals surface area contributed by atoms with Crippen molar-refractivity contribution in [2.75, 3.05) is 19.6 Å². The quantitative estimate of drug-likeness (QED) is 0.664. The molecule has 3 fully saturated rings. The van der Waals surface area contributed by atoms with Crippen molar-refractivity contribution >= 4 is 17.7 Å². The molecule has 0 bridgehead atoms. The number of hydrogen-bond donors (Lipinski definition) is 2. The maximum Gasteiger partial charge on any atom is 0.245 e. The summed E-state index contributed by atoms with van der Waals surface area (Å²) in [4.78, 5) is 36.6. The van der Waals surface area contributed by atoms with E-state index in [1.807, 2.05) is 4.90 Å². The highest BCUT2D eigenvalue weighted by molar-refractivity contribution is 5.90. The summed E-state index contributed by atoms with van der Waals surface area (Å²) >= 11 is 0. The Morgan fingerprint density at radius 1 is 1.21 bits per heavy atom. The van der Waals surface area contributed by atoms with Gasteiger partial charge in [0.15, 0.2) is 0 Å². The van der Waals surface area contributed by atoms with Gasteiger partial charge in [-0.1, -0.05) is 0 Å². The van der Waals surface area contributed by atoms with E-state index in [1.165, 1.54) is 0 Å². The van der Waals surface area contributed by atoms with Gasteiger partial charge in [-0.25, -0.2) is 0 Å². The lowest BCUT2D eigenvalue weighted by Gasteiger charge is -2.39. The van der Waals surface area contributed by atoms with Crippen LogP contribution in [-0.4, -0.2) is 48.3 Å². The van der Waals surface area contributed by atoms with Gasteiger partial charge in [0.05, 0.1) is 0 Å². The molecule has 104 valence electrons. The van der Waals surface area contributed by atoms with Crippen LogP contribution in [0.5, 0.6) is 0 Å². The van der Waals surface area contributed by atoms with Crippen molar-refractivity contribution in [1.29, 1.82) is 0 Å². The molecule has 6 heteroatoms. The maximum absolute atomic E-state index is 12.2. The molecule has 0 aromatic carbocycles. The summed E-state index contributed by atoms with van der Waals surface area (Å²) in [5, 5.41) is 5.61. The number of carbonyl (C=O) groups is 3. The topological polar surface area (TPSA) is 78.5 Å². The molecule has 1 spiro atoms. The number of amides is 3. The summed E-state index contributed by atoms with van der Waals surface area (Å²) in [6, 6.07) is -0.329. The standard InChI is InChI=1S/C13H19N3O3/c17-10-2-1-9(15-10)12(19)16-5-3-13(4-6-16)7-11(18)14-8-13/h9H,1-8H2,(H,14,18)(H,15,17). The third-order valence-electron chi connectivity index (χ3n) is 4.63. The highest BCUT2D eigenvalue weighted by atomic mass is 16.2. The first kappa shape index (κ1) is 12.4. The van der Waals surface area contributed by atoms with E-state index in [4.69, 9.17) is 0 Å². The predicted octanol–water partition coefficient (Wildman–Crippen LogP) is -0.606. The molecular formula is C13H19N3O3. The Hall–Kier alpha value is -1.59. The molecule has 2 N–H and O–H groups in total. The fraction of sp³-hybridized carbons (Fsp3) is 0.769. The van der Waals surface area contributed by atoms with Crippen molar-refractivity contribution in [1.82, 2.24) is 15.5 Å². The molecular weight excluding hydrogens is 246 g/mol. The van der Waals surface area contributed by atoms with Crippen molar-refractivity contribution in [3.8, 4) is 0 Å². The number of carbonyl (C=O) groups excluding carboxylic acids is 3. The van der Waals surface area contributed by atoms with Crippen LogP contribution in [0.4, 0.5) is 0 Å². The molecule has 3 amide bonds. The normalized spacial score (nSPS) is 29.5. The van der Waals surface area contributed by atoms with Crippen LogP contribution in [0.15, 0.2) is 0 Å². The molecule has 3 aliphatic heterocycles. The molecule has 6 nitrogen and oxygen atoms in total. The van der Waals surface area contributed by atoms with Gasteiger partial charge in [-0.05, 0) is 24.7 Å². The van der Waals surface area contributed by atoms with Gasteiger partial charge in [0.1, 0.15) is 6.04 Å². The highest BCUT2D eigenvalue weighted by Gasteiger charge is 2.42. The Kier molecular flexibility index (Phi) is 2.95. The molecule has 3 heterocycles. The smallest absolute Gasteiger partial charge is 0.245 e. The zero-order valence-electron chi connectivity index (χ0n) is 10.9. The van der Waals surface area contributed by atoms with Crippen molar-refractivity contribution in [3.63, 3.8) is 0 Å². The Morgan fingerprint density at radius 2 is 1.95 bits per heavy atom. The van der Waals surface area contributed by atoms with Crippen molar-refractivity contribution < 1.29 is 14.4 Å². The van der Waals surface area contributed by atoms with Gasteiger partial charge in [-0.3, -0.25) is 14.4 Å². The van der Waals surface area contributed by atoms with E-state index in [1.54, 1.807) is 0 Å². The molecule has 1 atom stereocenters. The van der Waals surface area contributed by atoms with E-state index >= 15 is 0 Å². The van der Waals surface area contributed by atoms with Gasteiger partial charge < -0.3 is 15.5 Å². The molecule has 3 aliphatic rings. The van der Waals surface area contributed by atoms with E-state index in [9.17, 15) is 14.4 Å². The van der Waals surface area contributed by atoms with Gasteiger partial charge in [0, 0.05) is 32.5 Å². The maximum atomic E-state index is 12.2. The molecule has 0 radical (unpaired) electrons. The SMILES string of the molecule is O=C1CC2(CCN(C(=O)C3CCC(=O)N3)CC2)CN1. The zero-order valence-corrected chi connectivity index (χ0v) is 10.9. The molecule has 3 saturated heterocycles. The molecule has 0 aliphatic carbocycles. The fourth-order valence-corrected chi connectivity index (χ4v) is 3.33. The minimum Gasteiger partial charge on any atom is -0.356 e. The minimum absolute atomic E-state index is 0.0302. The molecule has 0 aromatic rings. The third kappa shape index (κ3) is 2.31. The van der Waals surface area contributed by atoms with Gasteiger partial charge in [-0.2, -0.15) is 0 Å². The average Bonchev–Trinajstić information content (AvgIpc) is 2.97. The lowest BCUT2D eigenvalue weighted by molar-refractivity contribution is -0.136. The number of piperidine rings is 1. The first-order valence-electron chi connectivity index (χ1n) is 6.93. The molecule has 1 unspecified atom stereocenters. The summed E-state index contributed by atoms with van der Waals surface area (Å²) in [6.45, 7) is 2.13. The van der Waals surface area contributed by atoms with E-state index in [-0.39, 0.29) is 29.2 Å². The van der Waals surface area contributed by atoms with Crippen LogP contribution in [0.3, 0.4) is 0 Å². The van der Waals surface area contributed by atoms with Crippen LogP contribution in [0.2, 0.25) is 0 Å². The van der Waals surface area contributed by atoms with E-state index in [0.717, 1.165) is 19.4 Å². The summed E-state index contributed by atoms with van der Waals surface area (Å²) in [5.74, 6) is 0.137.